The van der Waals surface area contributed by atoms with Gasteiger partial charge in [-0.2, -0.15) is 0 Å². The summed E-state index contributed by atoms with van der Waals surface area (Å²) in [7, 11) is 0. The number of hydrogen-bond acceptors (Lipinski definition) is 6. The molecule has 0 amide bonds. The van der Waals surface area contributed by atoms with E-state index in [0.717, 1.165) is 38.0 Å². The maximum Gasteiger partial charge on any atom is 2.00 e. The quantitative estimate of drug-likeness (QED) is 0.161. The third-order valence-electron chi connectivity index (χ3n) is 4.20. The van der Waals surface area contributed by atoms with Crippen molar-refractivity contribution in [2.45, 2.75) is 40.5 Å². The number of piperidine rings is 2. The molecule has 2 rings (SSSR count). The molecule has 2 aliphatic heterocycles. The van der Waals surface area contributed by atoms with Gasteiger partial charge in [0, 0.05) is 26.2 Å². The normalized spacial score (nSPS) is 29.6. The maximum atomic E-state index is 4.87. The van der Waals surface area contributed by atoms with Crippen molar-refractivity contribution in [3.05, 3.63) is 0 Å². The van der Waals surface area contributed by atoms with Crippen LogP contribution >= 0.6 is 24.8 Å². The minimum atomic E-state index is 0. The molecule has 4 nitrogen and oxygen atoms in total. The van der Waals surface area contributed by atoms with Crippen molar-refractivity contribution < 1.29 is 19.5 Å². The number of nitrogens with one attached hydrogen (secondary N) is 1. The first-order valence-electron chi connectivity index (χ1n) is 8.57. The number of hydrazone groups is 1. The van der Waals surface area contributed by atoms with E-state index in [4.69, 9.17) is 37.5 Å². The fraction of sp³-hybridized carbons (Fsp3) is 0.875. The molecular weight excluding hydrogens is 442 g/mol. The molecule has 4 unspecified atom stereocenters. The summed E-state index contributed by atoms with van der Waals surface area (Å²) in [6, 6.07) is 0. The Morgan fingerprint density at radius 3 is 1.72 bits per heavy atom. The Bertz CT molecular complexity index is 414. The second-order valence-electron chi connectivity index (χ2n) is 7.45. The molecule has 0 aromatic heterocycles. The van der Waals surface area contributed by atoms with Crippen LogP contribution in [0.3, 0.4) is 0 Å². The molecule has 2 aliphatic rings. The van der Waals surface area contributed by atoms with Gasteiger partial charge in [-0.05, 0) is 36.5 Å². The molecule has 0 bridgehead atoms. The second-order valence-corrected chi connectivity index (χ2v) is 9.64. The Morgan fingerprint density at radius 2 is 1.36 bits per heavy atom. The van der Waals surface area contributed by atoms with Crippen LogP contribution in [-0.2, 0) is 44.7 Å². The van der Waals surface area contributed by atoms with E-state index < -0.39 is 0 Å². The van der Waals surface area contributed by atoms with Crippen molar-refractivity contribution in [2.75, 3.05) is 26.2 Å². The van der Waals surface area contributed by atoms with E-state index in [9.17, 15) is 0 Å². The van der Waals surface area contributed by atoms with Crippen LogP contribution in [0.5, 0.6) is 0 Å². The third kappa shape index (κ3) is 11.9. The molecule has 2 heterocycles. The van der Waals surface area contributed by atoms with Gasteiger partial charge in [0.05, 0.1) is 0 Å². The number of rotatable bonds is 2. The summed E-state index contributed by atoms with van der Waals surface area (Å²) in [5.74, 6) is 2.93. The molecule has 25 heavy (non-hydrogen) atoms. The summed E-state index contributed by atoms with van der Waals surface area (Å²) < 4.78 is 0.896. The van der Waals surface area contributed by atoms with Crippen molar-refractivity contribution in [1.29, 1.82) is 0 Å². The van der Waals surface area contributed by atoms with Crippen LogP contribution in [0.2, 0.25) is 0 Å². The van der Waals surface area contributed by atoms with Gasteiger partial charge >= 0.3 is 19.5 Å². The Kier molecular flexibility index (Phi) is 13.4. The molecule has 1 N–H and O–H groups in total. The largest absolute Gasteiger partial charge is 2.00 e. The first kappa shape index (κ1) is 25.7. The molecular formula is C16H30N4S4Zn. The average Bonchev–Trinajstić information content (AvgIpc) is 2.34. The zero-order chi connectivity index (χ0) is 18.3. The molecule has 0 aromatic rings. The number of hydrazine groups is 1. The van der Waals surface area contributed by atoms with Crippen molar-refractivity contribution in [3.8, 4) is 0 Å². The van der Waals surface area contributed by atoms with Gasteiger partial charge in [0.2, 0.25) is 0 Å². The fourth-order valence-corrected chi connectivity index (χ4v) is 4.22. The van der Waals surface area contributed by atoms with Gasteiger partial charge in [-0.3, -0.25) is 5.01 Å². The van der Waals surface area contributed by atoms with Crippen molar-refractivity contribution in [3.63, 3.8) is 0 Å². The molecule has 0 spiro atoms. The molecule has 0 aromatic carbocycles. The molecule has 0 radical (unpaired) electrons. The minimum absolute atomic E-state index is 0. The van der Waals surface area contributed by atoms with E-state index in [1.807, 2.05) is 5.01 Å². The summed E-state index contributed by atoms with van der Waals surface area (Å²) >= 11 is 18.4. The van der Waals surface area contributed by atoms with Gasteiger partial charge in [-0.15, -0.1) is 12.6 Å². The van der Waals surface area contributed by atoms with Crippen LogP contribution in [-0.4, -0.2) is 44.9 Å². The summed E-state index contributed by atoms with van der Waals surface area (Å²) in [5, 5.41) is 8.29. The fourth-order valence-electron chi connectivity index (χ4n) is 3.72. The van der Waals surface area contributed by atoms with Crippen LogP contribution in [0.4, 0.5) is 0 Å². The maximum absolute atomic E-state index is 4.87. The van der Waals surface area contributed by atoms with Crippen molar-refractivity contribution in [2.24, 2.45) is 28.8 Å². The van der Waals surface area contributed by atoms with Crippen molar-refractivity contribution >= 4 is 58.8 Å². The van der Waals surface area contributed by atoms with E-state index in [1.165, 1.54) is 12.8 Å². The van der Waals surface area contributed by atoms with Crippen LogP contribution in [0.25, 0.3) is 0 Å². The van der Waals surface area contributed by atoms with E-state index in [-0.39, 0.29) is 19.5 Å². The summed E-state index contributed by atoms with van der Waals surface area (Å²) in [4.78, 5) is 0. The first-order valence-corrected chi connectivity index (χ1v) is 10.2. The third-order valence-corrected chi connectivity index (χ3v) is 4.55. The van der Waals surface area contributed by atoms with Gasteiger partial charge < -0.3 is 30.7 Å². The van der Waals surface area contributed by atoms with Crippen LogP contribution < -0.4 is 5.43 Å². The second kappa shape index (κ2) is 13.0. The summed E-state index contributed by atoms with van der Waals surface area (Å²) in [5.41, 5.74) is 3.07. The molecule has 4 atom stereocenters. The number of thiol groups is 1. The van der Waals surface area contributed by atoms with Crippen LogP contribution in [0.1, 0.15) is 40.5 Å². The molecule has 9 heteroatoms. The Balaban J connectivity index is 0.000000443. The molecule has 0 aliphatic carbocycles. The average molecular weight is 472 g/mol. The molecule has 2 saturated heterocycles. The summed E-state index contributed by atoms with van der Waals surface area (Å²) in [6.07, 6.45) is 2.60. The van der Waals surface area contributed by atoms with Gasteiger partial charge in [0.15, 0.2) is 0 Å². The number of nitrogens with zero attached hydrogens (tertiary/aromatic N) is 3. The predicted molar refractivity (Wildman–Crippen MR) is 116 cm³/mol. The number of hydrogen-bond donors (Lipinski definition) is 2. The standard InChI is InChI=1S/2C8H16N2S2.Zn/c2*1-6-3-7(2)5-10(4-6)9-8(11)12;/h2*6-7H,3-5H2,1-2H3,(H2,9,11,12);/q;;+2/p-2. The number of thiocarbonyl (C=S) groups is 1. The zero-order valence-corrected chi connectivity index (χ0v) is 22.1. The minimum Gasteiger partial charge on any atom is -0.787 e. The predicted octanol–water partition coefficient (Wildman–Crippen LogP) is 3.01. The van der Waals surface area contributed by atoms with E-state index in [1.54, 1.807) is 0 Å². The topological polar surface area (TPSA) is 30.9 Å². The van der Waals surface area contributed by atoms with Gasteiger partial charge in [0.1, 0.15) is 4.32 Å². The Hall–Kier alpha value is 0.733. The van der Waals surface area contributed by atoms with Crippen LogP contribution in [0, 0.1) is 23.7 Å². The van der Waals surface area contributed by atoms with Crippen LogP contribution in [0.15, 0.2) is 5.10 Å². The van der Waals surface area contributed by atoms with Gasteiger partial charge in [0.25, 0.3) is 0 Å². The Labute approximate surface area is 188 Å². The van der Waals surface area contributed by atoms with E-state index in [0.29, 0.717) is 20.5 Å². The monoisotopic (exact) mass is 470 g/mol. The first-order chi connectivity index (χ1) is 11.2. The van der Waals surface area contributed by atoms with Gasteiger partial charge in [-0.1, -0.05) is 39.9 Å². The Morgan fingerprint density at radius 1 is 0.960 bits per heavy atom. The zero-order valence-electron chi connectivity index (χ0n) is 15.8. The summed E-state index contributed by atoms with van der Waals surface area (Å²) in [6.45, 7) is 13.2. The van der Waals surface area contributed by atoms with Crippen molar-refractivity contribution in [1.82, 2.24) is 15.4 Å². The van der Waals surface area contributed by atoms with E-state index in [2.05, 4.69) is 55.9 Å². The molecule has 140 valence electrons. The SMILES string of the molecule is CC1CC(C)CN(N=C([S-])[S-])C1.CC1CC(C)CN(NC(=S)S)C1.[Zn+2]. The van der Waals surface area contributed by atoms with Gasteiger partial charge in [-0.25, -0.2) is 14.5 Å². The van der Waals surface area contributed by atoms with E-state index >= 15 is 0 Å². The smallest absolute Gasteiger partial charge is 0.787 e. The molecule has 2 fully saturated rings. The molecule has 0 saturated carbocycles.